The maximum absolute atomic E-state index is 13.3. The maximum Gasteiger partial charge on any atom is 0.434 e. The molecule has 0 atom stereocenters. The van der Waals surface area contributed by atoms with Crippen LogP contribution in [0.5, 0.6) is 5.75 Å². The van der Waals surface area contributed by atoms with Crippen molar-refractivity contribution in [3.63, 3.8) is 0 Å². The van der Waals surface area contributed by atoms with Gasteiger partial charge in [0.05, 0.1) is 0 Å². The van der Waals surface area contributed by atoms with Crippen LogP contribution in [0.1, 0.15) is 17.3 Å². The molecule has 1 aromatic rings. The van der Waals surface area contributed by atoms with Crippen molar-refractivity contribution >= 4 is 5.78 Å². The molecule has 0 aliphatic carbocycles. The van der Waals surface area contributed by atoms with E-state index in [1.54, 1.807) is 0 Å². The topological polar surface area (TPSA) is 26.3 Å². The summed E-state index contributed by atoms with van der Waals surface area (Å²) in [6.07, 6.45) is -15.6. The molecule has 0 fully saturated rings. The van der Waals surface area contributed by atoms with Gasteiger partial charge in [-0.2, -0.15) is 26.3 Å². The zero-order chi connectivity index (χ0) is 15.7. The summed E-state index contributed by atoms with van der Waals surface area (Å²) in [6.45, 7) is 1.06. The Morgan fingerprint density at radius 2 is 1.60 bits per heavy atom. The Balaban J connectivity index is 3.10. The highest BCUT2D eigenvalue weighted by Gasteiger charge is 2.59. The Labute approximate surface area is 108 Å². The third kappa shape index (κ3) is 3.84. The molecule has 2 nitrogen and oxygen atoms in total. The number of hydrogen-bond donors (Lipinski definition) is 0. The molecule has 0 aromatic heterocycles. The number of carbonyl (C=O) groups is 1. The molecule has 0 radical (unpaired) electrons. The summed E-state index contributed by atoms with van der Waals surface area (Å²) in [4.78, 5) is 10.9. The lowest BCUT2D eigenvalue weighted by atomic mass is 10.1. The van der Waals surface area contributed by atoms with Crippen LogP contribution in [-0.4, -0.2) is 24.2 Å². The second-order valence-corrected chi connectivity index (χ2v) is 3.78. The average molecular weight is 304 g/mol. The number of alkyl halides is 6. The molecule has 0 aliphatic rings. The highest BCUT2D eigenvalue weighted by atomic mass is 19.4. The number of Topliss-reactive ketones (excluding diaryl/α,β-unsaturated/α-hetero) is 1. The third-order valence-electron chi connectivity index (χ3n) is 2.18. The molecule has 1 aromatic carbocycles. The van der Waals surface area contributed by atoms with Crippen LogP contribution in [0.15, 0.2) is 18.2 Å². The van der Waals surface area contributed by atoms with Crippen molar-refractivity contribution < 1.29 is 40.3 Å². The Morgan fingerprint density at radius 3 is 1.95 bits per heavy atom. The van der Waals surface area contributed by atoms with E-state index in [9.17, 15) is 35.5 Å². The fraction of sp³-hybridized carbons (Fsp3) is 0.364. The van der Waals surface area contributed by atoms with Gasteiger partial charge in [0.2, 0.25) is 0 Å². The first-order valence-corrected chi connectivity index (χ1v) is 5.03. The van der Waals surface area contributed by atoms with Crippen LogP contribution >= 0.6 is 0 Å². The van der Waals surface area contributed by atoms with Crippen LogP contribution in [0.3, 0.4) is 0 Å². The molecule has 9 heteroatoms. The van der Waals surface area contributed by atoms with Crippen molar-refractivity contribution in [2.75, 3.05) is 0 Å². The van der Waals surface area contributed by atoms with Gasteiger partial charge in [-0.25, -0.2) is 4.39 Å². The first-order chi connectivity index (χ1) is 8.93. The highest BCUT2D eigenvalue weighted by molar-refractivity contribution is 5.94. The Morgan fingerprint density at radius 1 is 1.10 bits per heavy atom. The number of hydrogen-bond acceptors (Lipinski definition) is 2. The van der Waals surface area contributed by atoms with E-state index >= 15 is 0 Å². The van der Waals surface area contributed by atoms with Crippen LogP contribution in [0.2, 0.25) is 0 Å². The van der Waals surface area contributed by atoms with Gasteiger partial charge in [-0.05, 0) is 25.1 Å². The Bertz CT molecular complexity index is 490. The summed E-state index contributed by atoms with van der Waals surface area (Å²) >= 11 is 0. The molecule has 0 bridgehead atoms. The number of rotatable bonds is 3. The molecule has 0 spiro atoms. The lowest BCUT2D eigenvalue weighted by molar-refractivity contribution is -0.300. The molecule has 0 heterocycles. The van der Waals surface area contributed by atoms with Gasteiger partial charge in [0.1, 0.15) is 0 Å². The minimum Gasteiger partial charge on any atom is -0.468 e. The van der Waals surface area contributed by atoms with E-state index in [-0.39, 0.29) is 5.56 Å². The van der Waals surface area contributed by atoms with Crippen molar-refractivity contribution in [2.45, 2.75) is 25.4 Å². The Hall–Kier alpha value is -1.80. The van der Waals surface area contributed by atoms with Gasteiger partial charge in [0, 0.05) is 5.56 Å². The molecule has 0 N–H and O–H groups in total. The molecule has 1 rings (SSSR count). The van der Waals surface area contributed by atoms with Gasteiger partial charge in [0.15, 0.2) is 17.3 Å². The lowest BCUT2D eigenvalue weighted by Crippen LogP contribution is -2.46. The van der Waals surface area contributed by atoms with Crippen molar-refractivity contribution in [2.24, 2.45) is 0 Å². The van der Waals surface area contributed by atoms with Crippen molar-refractivity contribution in [1.82, 2.24) is 0 Å². The molecule has 0 amide bonds. The molecule has 112 valence electrons. The van der Waals surface area contributed by atoms with E-state index in [4.69, 9.17) is 0 Å². The highest BCUT2D eigenvalue weighted by Crippen LogP contribution is 2.37. The molecule has 0 aliphatic heterocycles. The van der Waals surface area contributed by atoms with Gasteiger partial charge >= 0.3 is 12.4 Å². The fourth-order valence-corrected chi connectivity index (χ4v) is 1.26. The maximum atomic E-state index is 13.3. The average Bonchev–Trinajstić information content (AvgIpc) is 2.23. The summed E-state index contributed by atoms with van der Waals surface area (Å²) in [5.74, 6) is -3.33. The predicted molar refractivity (Wildman–Crippen MR) is 52.9 cm³/mol. The second-order valence-electron chi connectivity index (χ2n) is 3.78. The molecule has 0 saturated heterocycles. The van der Waals surface area contributed by atoms with Gasteiger partial charge in [-0.3, -0.25) is 4.79 Å². The normalized spacial score (nSPS) is 12.7. The largest absolute Gasteiger partial charge is 0.468 e. The van der Waals surface area contributed by atoms with Gasteiger partial charge < -0.3 is 4.74 Å². The van der Waals surface area contributed by atoms with E-state index < -0.39 is 35.8 Å². The number of ketones is 1. The van der Waals surface area contributed by atoms with Crippen LogP contribution in [-0.2, 0) is 0 Å². The minimum absolute atomic E-state index is 0.203. The smallest absolute Gasteiger partial charge is 0.434 e. The number of benzene rings is 1. The quantitative estimate of drug-likeness (QED) is 0.625. The van der Waals surface area contributed by atoms with Crippen LogP contribution in [0, 0.1) is 5.82 Å². The van der Waals surface area contributed by atoms with Crippen LogP contribution < -0.4 is 4.74 Å². The van der Waals surface area contributed by atoms with Crippen LogP contribution in [0.4, 0.5) is 30.7 Å². The number of halogens is 7. The molecular formula is C11H7F7O2. The standard InChI is InChI=1S/C11H7F7O2/c1-5(19)6-2-3-8(7(12)4-6)20-9(10(13,14)15)11(16,17)18/h2-4,9H,1H3. The zero-order valence-electron chi connectivity index (χ0n) is 9.77. The van der Waals surface area contributed by atoms with Gasteiger partial charge in [-0.1, -0.05) is 0 Å². The fourth-order valence-electron chi connectivity index (χ4n) is 1.26. The minimum atomic E-state index is -5.75. The summed E-state index contributed by atoms with van der Waals surface area (Å²) in [5, 5.41) is 0. The molecular weight excluding hydrogens is 297 g/mol. The Kier molecular flexibility index (Phi) is 4.30. The first kappa shape index (κ1) is 16.3. The SMILES string of the molecule is CC(=O)c1ccc(OC(C(F)(F)F)C(F)(F)F)c(F)c1. The summed E-state index contributed by atoms with van der Waals surface area (Å²) in [7, 11) is 0. The number of carbonyl (C=O) groups excluding carboxylic acids is 1. The van der Waals surface area contributed by atoms with Gasteiger partial charge in [0.25, 0.3) is 6.10 Å². The van der Waals surface area contributed by atoms with E-state index in [1.165, 1.54) is 0 Å². The predicted octanol–water partition coefficient (Wildman–Crippen LogP) is 3.90. The lowest BCUT2D eigenvalue weighted by Gasteiger charge is -2.24. The van der Waals surface area contributed by atoms with Crippen molar-refractivity contribution in [3.8, 4) is 5.75 Å². The summed E-state index contributed by atoms with van der Waals surface area (Å²) in [5.41, 5.74) is -0.203. The van der Waals surface area contributed by atoms with E-state index in [1.807, 2.05) is 0 Å². The summed E-state index contributed by atoms with van der Waals surface area (Å²) < 4.78 is 90.3. The first-order valence-electron chi connectivity index (χ1n) is 5.03. The molecule has 0 unspecified atom stereocenters. The zero-order valence-corrected chi connectivity index (χ0v) is 9.77. The number of ether oxygens (including phenoxy) is 1. The second kappa shape index (κ2) is 5.29. The van der Waals surface area contributed by atoms with Crippen molar-refractivity contribution in [3.05, 3.63) is 29.6 Å². The van der Waals surface area contributed by atoms with Crippen molar-refractivity contribution in [1.29, 1.82) is 0 Å². The van der Waals surface area contributed by atoms with Crippen LogP contribution in [0.25, 0.3) is 0 Å². The van der Waals surface area contributed by atoms with E-state index in [0.29, 0.717) is 12.1 Å². The summed E-state index contributed by atoms with van der Waals surface area (Å²) in [6, 6.07) is 1.91. The molecule has 20 heavy (non-hydrogen) atoms. The van der Waals surface area contributed by atoms with E-state index in [2.05, 4.69) is 4.74 Å². The van der Waals surface area contributed by atoms with E-state index in [0.717, 1.165) is 13.0 Å². The third-order valence-corrected chi connectivity index (χ3v) is 2.18. The van der Waals surface area contributed by atoms with Gasteiger partial charge in [-0.15, -0.1) is 0 Å². The monoisotopic (exact) mass is 304 g/mol. The molecule has 0 saturated carbocycles.